The molecule has 1 rings (SSSR count). The topological polar surface area (TPSA) is 38.3 Å². The number of alkyl halides is 4. The van der Waals surface area contributed by atoms with Crippen LogP contribution in [0.2, 0.25) is 5.02 Å². The fourth-order valence-electron chi connectivity index (χ4n) is 1.64. The smallest absolute Gasteiger partial charge is 0.405 e. The van der Waals surface area contributed by atoms with E-state index in [0.717, 1.165) is 30.3 Å². The summed E-state index contributed by atoms with van der Waals surface area (Å²) < 4.78 is 55.3. The molecule has 23 heavy (non-hydrogen) atoms. The van der Waals surface area contributed by atoms with Gasteiger partial charge in [0.05, 0.1) is 17.2 Å². The molecule has 0 bridgehead atoms. The number of unbranched alkanes of at least 4 members (excludes halogenated alkanes) is 2. The normalized spacial score (nSPS) is 11.4. The van der Waals surface area contributed by atoms with Crippen molar-refractivity contribution in [3.63, 3.8) is 0 Å². The number of nitrogens with one attached hydrogen (secondary N) is 1. The second-order valence-corrected chi connectivity index (χ2v) is 5.86. The lowest BCUT2D eigenvalue weighted by molar-refractivity contribution is -0.123. The van der Waals surface area contributed by atoms with Crippen LogP contribution in [-0.4, -0.2) is 30.6 Å². The minimum absolute atomic E-state index is 0.217. The summed E-state index contributed by atoms with van der Waals surface area (Å²) in [6.07, 6.45) is -2.04. The van der Waals surface area contributed by atoms with Crippen molar-refractivity contribution in [1.29, 1.82) is 0 Å². The molecule has 0 aliphatic carbocycles. The summed E-state index contributed by atoms with van der Waals surface area (Å²) in [4.78, 5) is 11.7. The van der Waals surface area contributed by atoms with Crippen LogP contribution in [0.5, 0.6) is 5.75 Å². The lowest BCUT2D eigenvalue weighted by atomic mass is 10.2. The zero-order chi connectivity index (χ0) is 17.5. The number of halogens is 6. The maximum Gasteiger partial charge on any atom is 0.405 e. The van der Waals surface area contributed by atoms with E-state index >= 15 is 0 Å². The summed E-state index contributed by atoms with van der Waals surface area (Å²) >= 11 is 8.99. The van der Waals surface area contributed by atoms with Crippen LogP contribution in [-0.2, 0) is 0 Å². The summed E-state index contributed by atoms with van der Waals surface area (Å²) in [5.41, 5.74) is -0.271. The van der Waals surface area contributed by atoms with Crippen LogP contribution in [0.25, 0.3) is 0 Å². The Morgan fingerprint density at radius 1 is 1.26 bits per heavy atom. The van der Waals surface area contributed by atoms with Gasteiger partial charge in [-0.1, -0.05) is 27.5 Å². The molecule has 0 saturated heterocycles. The number of hydrogen-bond acceptors (Lipinski definition) is 2. The van der Waals surface area contributed by atoms with Crippen molar-refractivity contribution in [2.45, 2.75) is 25.4 Å². The van der Waals surface area contributed by atoms with Crippen LogP contribution in [0.3, 0.4) is 0 Å². The highest BCUT2D eigenvalue weighted by atomic mass is 79.9. The van der Waals surface area contributed by atoms with Crippen LogP contribution in [0.15, 0.2) is 12.1 Å². The van der Waals surface area contributed by atoms with E-state index < -0.39 is 24.4 Å². The Bertz CT molecular complexity index is 540. The lowest BCUT2D eigenvalue weighted by Crippen LogP contribution is -2.33. The van der Waals surface area contributed by atoms with E-state index in [0.29, 0.717) is 6.42 Å². The molecule has 130 valence electrons. The second-order valence-electron chi connectivity index (χ2n) is 4.66. The average molecular weight is 421 g/mol. The van der Waals surface area contributed by atoms with Crippen molar-refractivity contribution in [1.82, 2.24) is 5.32 Å². The summed E-state index contributed by atoms with van der Waals surface area (Å²) in [5, 5.41) is 2.25. The van der Waals surface area contributed by atoms with Crippen LogP contribution >= 0.6 is 27.5 Å². The maximum absolute atomic E-state index is 13.7. The van der Waals surface area contributed by atoms with Gasteiger partial charge in [0.1, 0.15) is 6.54 Å². The number of carbonyl (C=O) groups excluding carboxylic acids is 1. The van der Waals surface area contributed by atoms with E-state index in [1.54, 1.807) is 5.32 Å². The second kappa shape index (κ2) is 9.32. The summed E-state index contributed by atoms with van der Waals surface area (Å²) in [6.45, 7) is -1.27. The van der Waals surface area contributed by atoms with E-state index in [9.17, 15) is 22.4 Å². The molecule has 9 heteroatoms. The van der Waals surface area contributed by atoms with Gasteiger partial charge < -0.3 is 10.1 Å². The Morgan fingerprint density at radius 2 is 1.96 bits per heavy atom. The van der Waals surface area contributed by atoms with Gasteiger partial charge in [0.15, 0.2) is 11.6 Å². The first-order valence-electron chi connectivity index (χ1n) is 6.77. The van der Waals surface area contributed by atoms with Gasteiger partial charge in [0, 0.05) is 5.33 Å². The molecule has 1 aromatic rings. The molecule has 0 spiro atoms. The Morgan fingerprint density at radius 3 is 2.57 bits per heavy atom. The monoisotopic (exact) mass is 419 g/mol. The highest BCUT2D eigenvalue weighted by molar-refractivity contribution is 9.09. The highest BCUT2D eigenvalue weighted by Crippen LogP contribution is 2.26. The molecule has 0 aromatic heterocycles. The molecule has 0 aliphatic rings. The SMILES string of the molecule is O=C(NCC(F)(F)F)c1cc(OCCCCCBr)c(F)cc1Cl. The van der Waals surface area contributed by atoms with Crippen molar-refractivity contribution in [2.24, 2.45) is 0 Å². The van der Waals surface area contributed by atoms with Gasteiger partial charge in [-0.25, -0.2) is 4.39 Å². The van der Waals surface area contributed by atoms with Gasteiger partial charge in [-0.3, -0.25) is 4.79 Å². The van der Waals surface area contributed by atoms with Gasteiger partial charge in [0.2, 0.25) is 0 Å². The molecule has 1 N–H and O–H groups in total. The van der Waals surface area contributed by atoms with Crippen molar-refractivity contribution in [2.75, 3.05) is 18.5 Å². The third-order valence-electron chi connectivity index (χ3n) is 2.75. The first-order valence-corrected chi connectivity index (χ1v) is 8.27. The third kappa shape index (κ3) is 7.39. The molecular formula is C14H15BrClF4NO2. The van der Waals surface area contributed by atoms with E-state index in [4.69, 9.17) is 16.3 Å². The first-order chi connectivity index (χ1) is 10.7. The largest absolute Gasteiger partial charge is 0.490 e. The summed E-state index contributed by atoms with van der Waals surface area (Å²) in [6, 6.07) is 1.85. The molecule has 0 atom stereocenters. The van der Waals surface area contributed by atoms with Crippen molar-refractivity contribution in [3.05, 3.63) is 28.5 Å². The third-order valence-corrected chi connectivity index (χ3v) is 3.62. The number of ether oxygens (including phenoxy) is 1. The number of amides is 1. The Labute approximate surface area is 144 Å². The highest BCUT2D eigenvalue weighted by Gasteiger charge is 2.28. The minimum atomic E-state index is -4.54. The number of carbonyl (C=O) groups is 1. The molecule has 0 aliphatic heterocycles. The van der Waals surface area contributed by atoms with Crippen molar-refractivity contribution in [3.8, 4) is 5.75 Å². The number of benzene rings is 1. The molecule has 0 saturated carbocycles. The average Bonchev–Trinajstić information content (AvgIpc) is 2.45. The Hall–Kier alpha value is -1.02. The maximum atomic E-state index is 13.7. The predicted molar refractivity (Wildman–Crippen MR) is 82.9 cm³/mol. The molecular weight excluding hydrogens is 406 g/mol. The van der Waals surface area contributed by atoms with Crippen LogP contribution in [0, 0.1) is 5.82 Å². The van der Waals surface area contributed by atoms with Crippen LogP contribution in [0.1, 0.15) is 29.6 Å². The zero-order valence-electron chi connectivity index (χ0n) is 12.0. The van der Waals surface area contributed by atoms with Gasteiger partial charge in [-0.05, 0) is 31.4 Å². The standard InChI is InChI=1S/C14H15BrClF4NO2/c15-4-2-1-3-5-23-12-6-9(10(16)7-11(12)17)13(22)21-8-14(18,19)20/h6-7H,1-5,8H2,(H,21,22). The zero-order valence-corrected chi connectivity index (χ0v) is 14.3. The molecule has 0 fully saturated rings. The molecule has 0 radical (unpaired) electrons. The van der Waals surface area contributed by atoms with Gasteiger partial charge in [-0.2, -0.15) is 13.2 Å². The van der Waals surface area contributed by atoms with Gasteiger partial charge in [0.25, 0.3) is 5.91 Å². The summed E-state index contributed by atoms with van der Waals surface area (Å²) in [7, 11) is 0. The summed E-state index contributed by atoms with van der Waals surface area (Å²) in [5.74, 6) is -2.04. The van der Waals surface area contributed by atoms with Crippen LogP contribution < -0.4 is 10.1 Å². The van der Waals surface area contributed by atoms with Crippen LogP contribution in [0.4, 0.5) is 17.6 Å². The van der Waals surface area contributed by atoms with Gasteiger partial charge in [-0.15, -0.1) is 0 Å². The number of hydrogen-bond donors (Lipinski definition) is 1. The quantitative estimate of drug-likeness (QED) is 0.376. The van der Waals surface area contributed by atoms with E-state index in [1.807, 2.05) is 0 Å². The molecule has 0 unspecified atom stereocenters. The minimum Gasteiger partial charge on any atom is -0.490 e. The van der Waals surface area contributed by atoms with E-state index in [1.165, 1.54) is 0 Å². The van der Waals surface area contributed by atoms with E-state index in [-0.39, 0.29) is 22.9 Å². The first kappa shape index (κ1) is 20.0. The molecule has 1 aromatic carbocycles. The fraction of sp³-hybridized carbons (Fsp3) is 0.500. The molecule has 0 heterocycles. The predicted octanol–water partition coefficient (Wildman–Crippen LogP) is 4.72. The lowest BCUT2D eigenvalue weighted by Gasteiger charge is -2.12. The Balaban J connectivity index is 2.72. The fourth-order valence-corrected chi connectivity index (χ4v) is 2.28. The van der Waals surface area contributed by atoms with Crippen molar-refractivity contribution >= 4 is 33.4 Å². The van der Waals surface area contributed by atoms with E-state index in [2.05, 4.69) is 15.9 Å². The van der Waals surface area contributed by atoms with Gasteiger partial charge >= 0.3 is 6.18 Å². The van der Waals surface area contributed by atoms with Crippen molar-refractivity contribution < 1.29 is 27.1 Å². The Kier molecular flexibility index (Phi) is 8.11. The molecule has 1 amide bonds. The molecule has 3 nitrogen and oxygen atoms in total. The number of rotatable bonds is 8.